The van der Waals surface area contributed by atoms with E-state index in [1.807, 2.05) is 25.6 Å². The van der Waals surface area contributed by atoms with Crippen LogP contribution in [0, 0.1) is 0 Å². The largest absolute Gasteiger partial charge is 0.462 e. The van der Waals surface area contributed by atoms with Crippen molar-refractivity contribution in [2.75, 3.05) is 12.9 Å². The summed E-state index contributed by atoms with van der Waals surface area (Å²) in [6, 6.07) is 0. The zero-order valence-electron chi connectivity index (χ0n) is 12.1. The molecule has 0 atom stereocenters. The molecule has 0 aliphatic heterocycles. The lowest BCUT2D eigenvalue weighted by Gasteiger charge is -2.10. The minimum absolute atomic E-state index is 0.0955. The molecule has 108 valence electrons. The molecule has 0 unspecified atom stereocenters. The van der Waals surface area contributed by atoms with Gasteiger partial charge in [-0.25, -0.2) is 9.79 Å². The number of allylic oxidation sites excluding steroid dienone is 2. The van der Waals surface area contributed by atoms with Crippen LogP contribution in [0.1, 0.15) is 34.1 Å². The number of hydroxylamine groups is 1. The molecule has 0 aliphatic rings. The summed E-state index contributed by atoms with van der Waals surface area (Å²) in [4.78, 5) is 16.0. The highest BCUT2D eigenvalue weighted by molar-refractivity contribution is 8.02. The van der Waals surface area contributed by atoms with Crippen molar-refractivity contribution in [3.05, 3.63) is 22.3 Å². The van der Waals surface area contributed by atoms with E-state index in [0.717, 1.165) is 17.0 Å². The Morgan fingerprint density at radius 1 is 1.47 bits per heavy atom. The summed E-state index contributed by atoms with van der Waals surface area (Å²) in [5, 5.41) is 9.95. The summed E-state index contributed by atoms with van der Waals surface area (Å²) < 4.78 is 4.92. The van der Waals surface area contributed by atoms with Gasteiger partial charge in [0.1, 0.15) is 0 Å². The Labute approximate surface area is 118 Å². The predicted molar refractivity (Wildman–Crippen MR) is 79.3 cm³/mol. The number of nitrogens with one attached hydrogen (secondary N) is 1. The minimum atomic E-state index is -0.514. The SMILES string of the molecule is CC=C(C(=O)OCC)C(=NC(SC)=C(C)CC)NO. The predicted octanol–water partition coefficient (Wildman–Crippen LogP) is 2.88. The zero-order valence-corrected chi connectivity index (χ0v) is 12.9. The van der Waals surface area contributed by atoms with Gasteiger partial charge in [0.25, 0.3) is 0 Å². The van der Waals surface area contributed by atoms with Gasteiger partial charge in [-0.05, 0) is 39.0 Å². The summed E-state index contributed by atoms with van der Waals surface area (Å²) in [5.41, 5.74) is 3.26. The van der Waals surface area contributed by atoms with E-state index >= 15 is 0 Å². The molecule has 6 heteroatoms. The normalized spacial score (nSPS) is 14.0. The molecule has 5 nitrogen and oxygen atoms in total. The van der Waals surface area contributed by atoms with Crippen molar-refractivity contribution < 1.29 is 14.7 Å². The maximum absolute atomic E-state index is 11.7. The zero-order chi connectivity index (χ0) is 14.8. The van der Waals surface area contributed by atoms with Gasteiger partial charge in [-0.2, -0.15) is 0 Å². The Bertz CT molecular complexity index is 401. The second kappa shape index (κ2) is 9.63. The highest BCUT2D eigenvalue weighted by atomic mass is 32.2. The number of rotatable bonds is 6. The van der Waals surface area contributed by atoms with Gasteiger partial charge in [0.15, 0.2) is 5.84 Å². The van der Waals surface area contributed by atoms with Gasteiger partial charge in [-0.15, -0.1) is 11.8 Å². The molecule has 2 N–H and O–H groups in total. The van der Waals surface area contributed by atoms with Crippen molar-refractivity contribution in [2.24, 2.45) is 4.99 Å². The summed E-state index contributed by atoms with van der Waals surface area (Å²) in [7, 11) is 0. The molecule has 0 aliphatic carbocycles. The number of thioether (sulfide) groups is 1. The molecule has 0 aromatic rings. The van der Waals surface area contributed by atoms with E-state index in [-0.39, 0.29) is 18.0 Å². The Balaban J connectivity index is 5.45. The fourth-order valence-electron chi connectivity index (χ4n) is 1.27. The molecule has 0 bridgehead atoms. The Morgan fingerprint density at radius 2 is 2.11 bits per heavy atom. The van der Waals surface area contributed by atoms with Crippen LogP contribution >= 0.6 is 11.8 Å². The smallest absolute Gasteiger partial charge is 0.341 e. The summed E-state index contributed by atoms with van der Waals surface area (Å²) in [6.45, 7) is 7.67. The number of hydrogen-bond donors (Lipinski definition) is 2. The first-order chi connectivity index (χ1) is 9.05. The van der Waals surface area contributed by atoms with Crippen molar-refractivity contribution in [3.8, 4) is 0 Å². The van der Waals surface area contributed by atoms with E-state index in [2.05, 4.69) is 4.99 Å². The second-order valence-electron chi connectivity index (χ2n) is 3.64. The van der Waals surface area contributed by atoms with Gasteiger partial charge in [-0.3, -0.25) is 10.7 Å². The number of nitrogens with zero attached hydrogens (tertiary/aromatic N) is 1. The lowest BCUT2D eigenvalue weighted by atomic mass is 10.2. The average molecular weight is 286 g/mol. The number of hydrogen-bond acceptors (Lipinski definition) is 5. The first kappa shape index (κ1) is 17.7. The summed E-state index contributed by atoms with van der Waals surface area (Å²) in [5.74, 6) is -0.419. The maximum Gasteiger partial charge on any atom is 0.341 e. The van der Waals surface area contributed by atoms with Crippen molar-refractivity contribution in [1.29, 1.82) is 0 Å². The van der Waals surface area contributed by atoms with Crippen LogP contribution in [0.2, 0.25) is 0 Å². The standard InChI is InChI=1S/C13H22N2O3S/c1-6-9(4)12(19-5)14-11(15-17)10(7-2)13(16)18-8-3/h7,17H,6,8H2,1-5H3,(H,14,15). The highest BCUT2D eigenvalue weighted by Crippen LogP contribution is 2.21. The molecular formula is C13H22N2O3S. The molecule has 0 spiro atoms. The van der Waals surface area contributed by atoms with Crippen molar-refractivity contribution in [2.45, 2.75) is 34.1 Å². The number of carbonyl (C=O) groups is 1. The van der Waals surface area contributed by atoms with Gasteiger partial charge in [0, 0.05) is 0 Å². The van der Waals surface area contributed by atoms with E-state index < -0.39 is 5.97 Å². The molecule has 0 aromatic heterocycles. The fraction of sp³-hybridized carbons (Fsp3) is 0.538. The third-order valence-corrected chi connectivity index (χ3v) is 3.27. The third kappa shape index (κ3) is 5.48. The first-order valence-electron chi connectivity index (χ1n) is 6.11. The average Bonchev–Trinajstić information content (AvgIpc) is 2.42. The molecule has 0 saturated heterocycles. The summed E-state index contributed by atoms with van der Waals surface area (Å²) in [6.07, 6.45) is 4.30. The van der Waals surface area contributed by atoms with Crippen LogP contribution in [0.25, 0.3) is 0 Å². The van der Waals surface area contributed by atoms with Crippen molar-refractivity contribution in [3.63, 3.8) is 0 Å². The molecule has 0 saturated carbocycles. The minimum Gasteiger partial charge on any atom is -0.462 e. The van der Waals surface area contributed by atoms with Crippen LogP contribution in [0.4, 0.5) is 0 Å². The van der Waals surface area contributed by atoms with E-state index in [1.165, 1.54) is 11.8 Å². The molecule has 0 amide bonds. The number of aliphatic imine (C=N–C) groups is 1. The van der Waals surface area contributed by atoms with Gasteiger partial charge < -0.3 is 4.74 Å². The van der Waals surface area contributed by atoms with Gasteiger partial charge in [0.05, 0.1) is 17.2 Å². The fourth-order valence-corrected chi connectivity index (χ4v) is 1.95. The molecule has 0 aromatic carbocycles. The molecule has 0 heterocycles. The van der Waals surface area contributed by atoms with Crippen LogP contribution < -0.4 is 5.48 Å². The summed E-state index contributed by atoms with van der Waals surface area (Å²) >= 11 is 1.46. The second-order valence-corrected chi connectivity index (χ2v) is 4.43. The van der Waals surface area contributed by atoms with E-state index in [1.54, 1.807) is 19.9 Å². The lowest BCUT2D eigenvalue weighted by molar-refractivity contribution is -0.137. The lowest BCUT2D eigenvalue weighted by Crippen LogP contribution is -2.27. The third-order valence-electron chi connectivity index (χ3n) is 2.45. The quantitative estimate of drug-likeness (QED) is 0.258. The van der Waals surface area contributed by atoms with E-state index in [4.69, 9.17) is 4.74 Å². The molecule has 0 radical (unpaired) electrons. The topological polar surface area (TPSA) is 70.9 Å². The van der Waals surface area contributed by atoms with Gasteiger partial charge in [0.2, 0.25) is 0 Å². The number of amidine groups is 1. The maximum atomic E-state index is 11.7. The monoisotopic (exact) mass is 286 g/mol. The van der Waals surface area contributed by atoms with Crippen molar-refractivity contribution in [1.82, 2.24) is 5.48 Å². The van der Waals surface area contributed by atoms with Gasteiger partial charge >= 0.3 is 5.97 Å². The van der Waals surface area contributed by atoms with E-state index in [9.17, 15) is 10.0 Å². The van der Waals surface area contributed by atoms with E-state index in [0.29, 0.717) is 0 Å². The first-order valence-corrected chi connectivity index (χ1v) is 7.34. The molecular weight excluding hydrogens is 264 g/mol. The van der Waals surface area contributed by atoms with Crippen LogP contribution in [-0.2, 0) is 9.53 Å². The molecule has 0 fully saturated rings. The number of esters is 1. The Hall–Kier alpha value is -1.27. The Kier molecular flexibility index (Phi) is 8.99. The molecule has 19 heavy (non-hydrogen) atoms. The van der Waals surface area contributed by atoms with Gasteiger partial charge in [-0.1, -0.05) is 13.0 Å². The number of carbonyl (C=O) groups excluding carboxylic acids is 1. The van der Waals surface area contributed by atoms with Crippen LogP contribution in [0.3, 0.4) is 0 Å². The van der Waals surface area contributed by atoms with Crippen molar-refractivity contribution >= 4 is 23.6 Å². The van der Waals surface area contributed by atoms with Crippen LogP contribution in [0.15, 0.2) is 27.2 Å². The molecule has 0 rings (SSSR count). The highest BCUT2D eigenvalue weighted by Gasteiger charge is 2.17. The van der Waals surface area contributed by atoms with Crippen LogP contribution in [-0.4, -0.2) is 29.9 Å². The van der Waals surface area contributed by atoms with Crippen LogP contribution in [0.5, 0.6) is 0 Å². The Morgan fingerprint density at radius 3 is 2.47 bits per heavy atom. The number of ether oxygens (including phenoxy) is 1.